The SMILES string of the molecule is O=C(NC1CCN(C(=O)O)C1)c1ccc2c(c1)OCCN2c1ncccn1. The largest absolute Gasteiger partial charge is 0.490 e. The Hall–Kier alpha value is -3.36. The first-order valence-corrected chi connectivity index (χ1v) is 8.72. The molecular formula is C18H19N5O4. The third-order valence-corrected chi connectivity index (χ3v) is 4.67. The van der Waals surface area contributed by atoms with Gasteiger partial charge in [0.1, 0.15) is 12.4 Å². The molecule has 1 unspecified atom stereocenters. The maximum atomic E-state index is 12.5. The minimum absolute atomic E-state index is 0.181. The molecule has 2 aliphatic heterocycles. The lowest BCUT2D eigenvalue weighted by atomic mass is 10.1. The normalized spacial score (nSPS) is 18.6. The number of hydrogen-bond acceptors (Lipinski definition) is 6. The van der Waals surface area contributed by atoms with Gasteiger partial charge in [-0.05, 0) is 30.7 Å². The molecule has 4 rings (SSSR count). The van der Waals surface area contributed by atoms with Gasteiger partial charge in [-0.2, -0.15) is 0 Å². The second-order valence-corrected chi connectivity index (χ2v) is 6.42. The van der Waals surface area contributed by atoms with Crippen molar-refractivity contribution in [2.75, 3.05) is 31.1 Å². The molecule has 2 aliphatic rings. The molecule has 27 heavy (non-hydrogen) atoms. The lowest BCUT2D eigenvalue weighted by Gasteiger charge is -2.29. The van der Waals surface area contributed by atoms with Crippen molar-refractivity contribution in [3.8, 4) is 5.75 Å². The first-order valence-electron chi connectivity index (χ1n) is 8.72. The van der Waals surface area contributed by atoms with Crippen LogP contribution in [0.5, 0.6) is 5.75 Å². The molecule has 0 aliphatic carbocycles. The van der Waals surface area contributed by atoms with Crippen molar-refractivity contribution >= 4 is 23.6 Å². The molecule has 0 saturated carbocycles. The van der Waals surface area contributed by atoms with E-state index in [1.54, 1.807) is 30.6 Å². The summed E-state index contributed by atoms with van der Waals surface area (Å²) in [6.07, 6.45) is 3.01. The van der Waals surface area contributed by atoms with E-state index in [-0.39, 0.29) is 11.9 Å². The Morgan fingerprint density at radius 2 is 2.04 bits per heavy atom. The highest BCUT2D eigenvalue weighted by Gasteiger charge is 2.28. The molecule has 0 spiro atoms. The Bertz CT molecular complexity index is 860. The van der Waals surface area contributed by atoms with Crippen molar-refractivity contribution in [1.82, 2.24) is 20.2 Å². The third kappa shape index (κ3) is 3.48. The van der Waals surface area contributed by atoms with Crippen molar-refractivity contribution in [3.05, 3.63) is 42.2 Å². The Morgan fingerprint density at radius 1 is 1.22 bits per heavy atom. The summed E-state index contributed by atoms with van der Waals surface area (Å²) >= 11 is 0. The number of rotatable bonds is 3. The van der Waals surface area contributed by atoms with Crippen LogP contribution in [0.1, 0.15) is 16.8 Å². The fourth-order valence-corrected chi connectivity index (χ4v) is 3.32. The summed E-state index contributed by atoms with van der Waals surface area (Å²) in [6, 6.07) is 6.82. The highest BCUT2D eigenvalue weighted by Crippen LogP contribution is 2.35. The van der Waals surface area contributed by atoms with Crippen LogP contribution in [0.3, 0.4) is 0 Å². The first-order chi connectivity index (χ1) is 13.1. The quantitative estimate of drug-likeness (QED) is 0.844. The molecule has 0 radical (unpaired) electrons. The number of anilines is 2. The number of likely N-dealkylation sites (tertiary alicyclic amines) is 1. The molecule has 2 aromatic rings. The van der Waals surface area contributed by atoms with Gasteiger partial charge in [-0.25, -0.2) is 14.8 Å². The molecule has 1 atom stereocenters. The molecule has 1 aromatic carbocycles. The summed E-state index contributed by atoms with van der Waals surface area (Å²) in [5.74, 6) is 0.936. The van der Waals surface area contributed by atoms with Gasteiger partial charge in [-0.3, -0.25) is 4.79 Å². The summed E-state index contributed by atoms with van der Waals surface area (Å²) in [5, 5.41) is 11.9. The number of carboxylic acid groups (broad SMARTS) is 1. The molecule has 9 nitrogen and oxygen atoms in total. The number of carbonyl (C=O) groups excluding carboxylic acids is 1. The summed E-state index contributed by atoms with van der Waals surface area (Å²) in [6.45, 7) is 1.82. The summed E-state index contributed by atoms with van der Waals surface area (Å²) in [7, 11) is 0. The molecule has 0 bridgehead atoms. The predicted molar refractivity (Wildman–Crippen MR) is 96.4 cm³/mol. The van der Waals surface area contributed by atoms with E-state index in [2.05, 4.69) is 15.3 Å². The molecule has 2 amide bonds. The van der Waals surface area contributed by atoms with Crippen LogP contribution in [0, 0.1) is 0 Å². The van der Waals surface area contributed by atoms with E-state index < -0.39 is 6.09 Å². The zero-order valence-corrected chi connectivity index (χ0v) is 14.5. The molecule has 2 N–H and O–H groups in total. The Labute approximate surface area is 155 Å². The lowest BCUT2D eigenvalue weighted by Crippen LogP contribution is -2.38. The predicted octanol–water partition coefficient (Wildman–Crippen LogP) is 1.49. The van der Waals surface area contributed by atoms with Gasteiger partial charge in [0.25, 0.3) is 5.91 Å². The Kier molecular flexibility index (Phi) is 4.49. The fourth-order valence-electron chi connectivity index (χ4n) is 3.32. The number of amides is 2. The van der Waals surface area contributed by atoms with Gasteiger partial charge < -0.3 is 25.0 Å². The zero-order chi connectivity index (χ0) is 18.8. The summed E-state index contributed by atoms with van der Waals surface area (Å²) in [5.41, 5.74) is 1.28. The van der Waals surface area contributed by atoms with Crippen molar-refractivity contribution in [2.24, 2.45) is 0 Å². The monoisotopic (exact) mass is 369 g/mol. The first kappa shape index (κ1) is 17.1. The smallest absolute Gasteiger partial charge is 0.407 e. The van der Waals surface area contributed by atoms with Crippen molar-refractivity contribution < 1.29 is 19.4 Å². The van der Waals surface area contributed by atoms with Gasteiger partial charge in [-0.1, -0.05) is 0 Å². The van der Waals surface area contributed by atoms with Crippen LogP contribution in [-0.2, 0) is 0 Å². The number of aromatic nitrogens is 2. The maximum Gasteiger partial charge on any atom is 0.407 e. The number of carbonyl (C=O) groups is 2. The van der Waals surface area contributed by atoms with Gasteiger partial charge in [0, 0.05) is 37.1 Å². The standard InChI is InChI=1S/C18H19N5O4/c24-16(21-13-4-7-22(11-13)18(25)26)12-2-3-14-15(10-12)27-9-8-23(14)17-19-5-1-6-20-17/h1-3,5-6,10,13H,4,7-9,11H2,(H,21,24)(H,25,26). The van der Waals surface area contributed by atoms with Gasteiger partial charge in [0.2, 0.25) is 5.95 Å². The molecular weight excluding hydrogens is 350 g/mol. The molecule has 1 fully saturated rings. The molecule has 1 aromatic heterocycles. The Balaban J connectivity index is 1.49. The fraction of sp³-hybridized carbons (Fsp3) is 0.333. The van der Waals surface area contributed by atoms with E-state index in [9.17, 15) is 9.59 Å². The van der Waals surface area contributed by atoms with E-state index in [0.29, 0.717) is 49.9 Å². The number of nitrogens with zero attached hydrogens (tertiary/aromatic N) is 4. The number of benzene rings is 1. The number of nitrogens with one attached hydrogen (secondary N) is 1. The van der Waals surface area contributed by atoms with E-state index in [4.69, 9.17) is 9.84 Å². The second kappa shape index (κ2) is 7.10. The van der Waals surface area contributed by atoms with E-state index in [0.717, 1.165) is 5.69 Å². The highest BCUT2D eigenvalue weighted by atomic mass is 16.5. The average Bonchev–Trinajstić information content (AvgIpc) is 3.16. The highest BCUT2D eigenvalue weighted by molar-refractivity contribution is 5.95. The molecule has 9 heteroatoms. The van der Waals surface area contributed by atoms with Crippen molar-refractivity contribution in [2.45, 2.75) is 12.5 Å². The second-order valence-electron chi connectivity index (χ2n) is 6.42. The molecule has 140 valence electrons. The Morgan fingerprint density at radius 3 is 2.78 bits per heavy atom. The minimum Gasteiger partial charge on any atom is -0.490 e. The topological polar surface area (TPSA) is 108 Å². The summed E-state index contributed by atoms with van der Waals surface area (Å²) < 4.78 is 5.72. The van der Waals surface area contributed by atoms with Gasteiger partial charge in [0.15, 0.2) is 0 Å². The van der Waals surface area contributed by atoms with Crippen LogP contribution in [0.25, 0.3) is 0 Å². The molecule has 1 saturated heterocycles. The van der Waals surface area contributed by atoms with Crippen molar-refractivity contribution in [1.29, 1.82) is 0 Å². The van der Waals surface area contributed by atoms with Gasteiger partial charge in [0.05, 0.1) is 12.2 Å². The summed E-state index contributed by atoms with van der Waals surface area (Å²) in [4.78, 5) is 35.3. The van der Waals surface area contributed by atoms with Crippen LogP contribution in [0.15, 0.2) is 36.7 Å². The minimum atomic E-state index is -0.961. The van der Waals surface area contributed by atoms with E-state index >= 15 is 0 Å². The number of fused-ring (bicyclic) bond motifs is 1. The van der Waals surface area contributed by atoms with Crippen molar-refractivity contribution in [3.63, 3.8) is 0 Å². The average molecular weight is 369 g/mol. The van der Waals surface area contributed by atoms with Crippen LogP contribution in [0.4, 0.5) is 16.4 Å². The lowest BCUT2D eigenvalue weighted by molar-refractivity contribution is 0.0935. The van der Waals surface area contributed by atoms with Gasteiger partial charge >= 0.3 is 6.09 Å². The van der Waals surface area contributed by atoms with Gasteiger partial charge in [-0.15, -0.1) is 0 Å². The zero-order valence-electron chi connectivity index (χ0n) is 14.5. The van der Waals surface area contributed by atoms with Crippen LogP contribution < -0.4 is 15.0 Å². The van der Waals surface area contributed by atoms with Crippen LogP contribution in [-0.4, -0.2) is 64.3 Å². The van der Waals surface area contributed by atoms with Crippen LogP contribution in [0.2, 0.25) is 0 Å². The van der Waals surface area contributed by atoms with E-state index in [1.165, 1.54) is 4.90 Å². The van der Waals surface area contributed by atoms with E-state index in [1.807, 2.05) is 11.0 Å². The molecule has 3 heterocycles. The third-order valence-electron chi connectivity index (χ3n) is 4.67. The van der Waals surface area contributed by atoms with Crippen LogP contribution >= 0.6 is 0 Å². The maximum absolute atomic E-state index is 12.5. The number of hydrogen-bond donors (Lipinski definition) is 2. The number of ether oxygens (including phenoxy) is 1.